The molecule has 3 atom stereocenters. The van der Waals surface area contributed by atoms with Gasteiger partial charge in [0, 0.05) is 6.04 Å². The molecule has 1 aliphatic carbocycles. The van der Waals surface area contributed by atoms with Crippen LogP contribution < -0.4 is 5.32 Å². The fourth-order valence-corrected chi connectivity index (χ4v) is 3.13. The zero-order chi connectivity index (χ0) is 13.2. The molecule has 0 spiro atoms. The summed E-state index contributed by atoms with van der Waals surface area (Å²) < 4.78 is 4.95. The quantitative estimate of drug-likeness (QED) is 0.651. The van der Waals surface area contributed by atoms with E-state index < -0.39 is 11.9 Å². The number of fused-ring (bicyclic) bond motifs is 1. The molecule has 100 valence electrons. The van der Waals surface area contributed by atoms with Crippen molar-refractivity contribution in [3.63, 3.8) is 0 Å². The zero-order valence-corrected chi connectivity index (χ0v) is 10.7. The third kappa shape index (κ3) is 2.54. The number of carbonyl (C=O) groups excluding carboxylic acids is 2. The van der Waals surface area contributed by atoms with E-state index in [4.69, 9.17) is 4.74 Å². The maximum atomic E-state index is 12.0. The minimum atomic E-state index is -0.565. The summed E-state index contributed by atoms with van der Waals surface area (Å²) in [6.07, 6.45) is 4.33. The van der Waals surface area contributed by atoms with Crippen molar-refractivity contribution in [2.24, 2.45) is 5.92 Å². The molecule has 4 nitrogen and oxygen atoms in total. The minimum absolute atomic E-state index is 0.317. The van der Waals surface area contributed by atoms with E-state index in [1.54, 1.807) is 24.3 Å². The van der Waals surface area contributed by atoms with Crippen molar-refractivity contribution in [3.8, 4) is 0 Å². The number of nitrogens with one attached hydrogen (secondary N) is 1. The largest absolute Gasteiger partial charge is 0.388 e. The summed E-state index contributed by atoms with van der Waals surface area (Å²) in [6, 6.07) is 8.72. The lowest BCUT2D eigenvalue weighted by Crippen LogP contribution is -2.37. The summed E-state index contributed by atoms with van der Waals surface area (Å²) in [4.78, 5) is 23.7. The molecule has 2 aliphatic rings. The third-order valence-electron chi connectivity index (χ3n) is 4.10. The van der Waals surface area contributed by atoms with Gasteiger partial charge < -0.3 is 10.1 Å². The monoisotopic (exact) mass is 259 g/mol. The van der Waals surface area contributed by atoms with E-state index in [0.29, 0.717) is 17.5 Å². The molecule has 2 fully saturated rings. The summed E-state index contributed by atoms with van der Waals surface area (Å²) in [5.74, 6) is -0.433. The first kappa shape index (κ1) is 12.4. The van der Waals surface area contributed by atoms with Gasteiger partial charge in [-0.25, -0.2) is 9.59 Å². The maximum absolute atomic E-state index is 12.0. The van der Waals surface area contributed by atoms with Gasteiger partial charge in [-0.1, -0.05) is 24.6 Å². The molecule has 1 aromatic carbocycles. The Balaban J connectivity index is 1.59. The molecule has 1 N–H and O–H groups in total. The van der Waals surface area contributed by atoms with Gasteiger partial charge in [-0.2, -0.15) is 0 Å². The molecule has 1 aromatic rings. The Morgan fingerprint density at radius 2 is 1.95 bits per heavy atom. The predicted octanol–water partition coefficient (Wildman–Crippen LogP) is 1.90. The fourth-order valence-electron chi connectivity index (χ4n) is 3.13. The number of rotatable bonds is 2. The minimum Gasteiger partial charge on any atom is -0.388 e. The molecular formula is C15H17NO3. The van der Waals surface area contributed by atoms with E-state index in [1.807, 2.05) is 6.07 Å². The summed E-state index contributed by atoms with van der Waals surface area (Å²) >= 11 is 0. The lowest BCUT2D eigenvalue weighted by molar-refractivity contribution is -0.140. The van der Waals surface area contributed by atoms with Crippen LogP contribution in [0.5, 0.6) is 0 Å². The van der Waals surface area contributed by atoms with Gasteiger partial charge in [0.15, 0.2) is 0 Å². The number of carbonyl (C=O) groups is 2. The van der Waals surface area contributed by atoms with Gasteiger partial charge in [0.2, 0.25) is 0 Å². The topological polar surface area (TPSA) is 55.4 Å². The van der Waals surface area contributed by atoms with Crippen molar-refractivity contribution < 1.29 is 14.3 Å². The highest BCUT2D eigenvalue weighted by molar-refractivity contribution is 5.98. The van der Waals surface area contributed by atoms with Crippen LogP contribution in [0.2, 0.25) is 0 Å². The fraction of sp³-hybridized carbons (Fsp3) is 0.467. The van der Waals surface area contributed by atoms with Crippen LogP contribution in [-0.4, -0.2) is 24.0 Å². The molecule has 1 unspecified atom stereocenters. The van der Waals surface area contributed by atoms with Crippen LogP contribution in [0.15, 0.2) is 30.3 Å². The average molecular weight is 259 g/mol. The van der Waals surface area contributed by atoms with Crippen molar-refractivity contribution in [2.75, 3.05) is 0 Å². The van der Waals surface area contributed by atoms with E-state index in [9.17, 15) is 9.59 Å². The smallest absolute Gasteiger partial charge is 0.345 e. The van der Waals surface area contributed by atoms with Crippen molar-refractivity contribution in [1.29, 1.82) is 0 Å². The molecule has 0 aromatic heterocycles. The zero-order valence-electron chi connectivity index (χ0n) is 10.7. The van der Waals surface area contributed by atoms with Crippen molar-refractivity contribution in [3.05, 3.63) is 35.9 Å². The van der Waals surface area contributed by atoms with Crippen molar-refractivity contribution in [2.45, 2.75) is 37.8 Å². The number of ether oxygens (including phenoxy) is 1. The number of esters is 2. The Hall–Kier alpha value is -1.68. The van der Waals surface area contributed by atoms with Crippen LogP contribution in [0, 0.1) is 5.92 Å². The second kappa shape index (κ2) is 5.13. The number of benzene rings is 1. The van der Waals surface area contributed by atoms with Crippen molar-refractivity contribution >= 4 is 11.9 Å². The Bertz CT molecular complexity index is 473. The lowest BCUT2D eigenvalue weighted by Gasteiger charge is -2.11. The highest BCUT2D eigenvalue weighted by atomic mass is 16.6. The molecule has 0 amide bonds. The average Bonchev–Trinajstić information content (AvgIpc) is 3.00. The van der Waals surface area contributed by atoms with Gasteiger partial charge in [0.05, 0.1) is 5.56 Å². The Morgan fingerprint density at radius 3 is 2.68 bits per heavy atom. The van der Waals surface area contributed by atoms with Gasteiger partial charge >= 0.3 is 11.9 Å². The predicted molar refractivity (Wildman–Crippen MR) is 69.5 cm³/mol. The Morgan fingerprint density at radius 1 is 1.16 bits per heavy atom. The highest BCUT2D eigenvalue weighted by Crippen LogP contribution is 2.34. The van der Waals surface area contributed by atoms with E-state index >= 15 is 0 Å². The maximum Gasteiger partial charge on any atom is 0.345 e. The Kier molecular flexibility index (Phi) is 3.34. The molecule has 4 heteroatoms. The molecule has 1 aliphatic heterocycles. The third-order valence-corrected chi connectivity index (χ3v) is 4.10. The molecule has 0 bridgehead atoms. The van der Waals surface area contributed by atoms with Crippen LogP contribution in [0.25, 0.3) is 0 Å². The lowest BCUT2D eigenvalue weighted by atomic mass is 10.0. The molecule has 0 radical (unpaired) electrons. The summed E-state index contributed by atoms with van der Waals surface area (Å²) in [6.45, 7) is 0. The summed E-state index contributed by atoms with van der Waals surface area (Å²) in [7, 11) is 0. The van der Waals surface area contributed by atoms with Gasteiger partial charge in [0.1, 0.15) is 6.04 Å². The molecule has 1 saturated carbocycles. The molecule has 19 heavy (non-hydrogen) atoms. The SMILES string of the molecule is O=C(OC(=O)C1C[C@H]2CCC[C@H]2N1)c1ccccc1. The first-order valence-corrected chi connectivity index (χ1v) is 6.81. The highest BCUT2D eigenvalue weighted by Gasteiger charge is 2.40. The summed E-state index contributed by atoms with van der Waals surface area (Å²) in [5, 5.41) is 3.28. The number of hydrogen-bond acceptors (Lipinski definition) is 4. The molecular weight excluding hydrogens is 242 g/mol. The van der Waals surface area contributed by atoms with Crippen LogP contribution in [0.3, 0.4) is 0 Å². The first-order valence-electron chi connectivity index (χ1n) is 6.81. The van der Waals surface area contributed by atoms with Crippen LogP contribution >= 0.6 is 0 Å². The Labute approximate surface area is 112 Å². The van der Waals surface area contributed by atoms with Crippen LogP contribution in [0.4, 0.5) is 0 Å². The second-order valence-electron chi connectivity index (χ2n) is 5.33. The van der Waals surface area contributed by atoms with Gasteiger partial charge in [-0.15, -0.1) is 0 Å². The number of hydrogen-bond donors (Lipinski definition) is 1. The first-order chi connectivity index (χ1) is 9.24. The van der Waals surface area contributed by atoms with E-state index in [2.05, 4.69) is 5.32 Å². The van der Waals surface area contributed by atoms with Crippen molar-refractivity contribution in [1.82, 2.24) is 5.32 Å². The van der Waals surface area contributed by atoms with E-state index in [1.165, 1.54) is 12.8 Å². The van der Waals surface area contributed by atoms with E-state index in [0.717, 1.165) is 12.8 Å². The molecule has 3 rings (SSSR count). The van der Waals surface area contributed by atoms with Gasteiger partial charge in [-0.05, 0) is 37.3 Å². The van der Waals surface area contributed by atoms with Crippen LogP contribution in [-0.2, 0) is 9.53 Å². The molecule has 1 saturated heterocycles. The summed E-state index contributed by atoms with van der Waals surface area (Å²) in [5.41, 5.74) is 0.411. The standard InChI is InChI=1S/C15H17NO3/c17-14(10-5-2-1-3-6-10)19-15(18)13-9-11-7-4-8-12(11)16-13/h1-3,5-6,11-13,16H,4,7-9H2/t11-,12-,13?/m1/s1. The van der Waals surface area contributed by atoms with Crippen LogP contribution in [0.1, 0.15) is 36.0 Å². The van der Waals surface area contributed by atoms with Gasteiger partial charge in [-0.3, -0.25) is 0 Å². The van der Waals surface area contributed by atoms with Gasteiger partial charge in [0.25, 0.3) is 0 Å². The normalized spacial score (nSPS) is 28.9. The second-order valence-corrected chi connectivity index (χ2v) is 5.33. The van der Waals surface area contributed by atoms with E-state index in [-0.39, 0.29) is 6.04 Å². The molecule has 1 heterocycles.